The standard InChI is InChI=1S/C15H21NO2/c1-5-18-14(17)12-13(15(2,3)4)16(12)11-9-7-6-8-10-11/h6-10,12-13H,5H2,1-4H3. The molecule has 1 aromatic carbocycles. The number of carbonyl (C=O) groups is 1. The Balaban J connectivity index is 2.21. The largest absolute Gasteiger partial charge is 0.464 e. The molecule has 1 aliphatic heterocycles. The zero-order valence-electron chi connectivity index (χ0n) is 11.5. The molecule has 1 heterocycles. The molecule has 1 fully saturated rings. The highest BCUT2D eigenvalue weighted by molar-refractivity contribution is 5.88. The van der Waals surface area contributed by atoms with Gasteiger partial charge in [-0.3, -0.25) is 0 Å². The van der Waals surface area contributed by atoms with Crippen LogP contribution in [0.3, 0.4) is 0 Å². The van der Waals surface area contributed by atoms with Gasteiger partial charge in [0.1, 0.15) is 6.04 Å². The van der Waals surface area contributed by atoms with Gasteiger partial charge in [-0.1, -0.05) is 39.0 Å². The first-order valence-electron chi connectivity index (χ1n) is 6.47. The first kappa shape index (κ1) is 12.9. The number of hydrogen-bond donors (Lipinski definition) is 0. The first-order chi connectivity index (χ1) is 8.46. The maximum atomic E-state index is 12.0. The Morgan fingerprint density at radius 3 is 2.39 bits per heavy atom. The quantitative estimate of drug-likeness (QED) is 0.607. The smallest absolute Gasteiger partial charge is 0.330 e. The Bertz CT molecular complexity index is 422. The van der Waals surface area contributed by atoms with Crippen LogP contribution in [-0.4, -0.2) is 24.7 Å². The zero-order valence-corrected chi connectivity index (χ0v) is 11.5. The van der Waals surface area contributed by atoms with E-state index in [0.29, 0.717) is 6.61 Å². The van der Waals surface area contributed by atoms with Gasteiger partial charge in [0.25, 0.3) is 0 Å². The predicted molar refractivity (Wildman–Crippen MR) is 72.6 cm³/mol. The Labute approximate surface area is 109 Å². The molecule has 2 unspecified atom stereocenters. The summed E-state index contributed by atoms with van der Waals surface area (Å²) < 4.78 is 5.16. The van der Waals surface area contributed by atoms with Crippen molar-refractivity contribution in [2.24, 2.45) is 5.41 Å². The van der Waals surface area contributed by atoms with Gasteiger partial charge < -0.3 is 9.64 Å². The molecular formula is C15H21NO2. The third kappa shape index (κ3) is 2.35. The highest BCUT2D eigenvalue weighted by atomic mass is 16.5. The molecule has 2 rings (SSSR count). The molecule has 0 radical (unpaired) electrons. The summed E-state index contributed by atoms with van der Waals surface area (Å²) in [7, 11) is 0. The van der Waals surface area contributed by atoms with Crippen LogP contribution < -0.4 is 4.90 Å². The molecule has 1 aromatic rings. The summed E-state index contributed by atoms with van der Waals surface area (Å²) in [4.78, 5) is 14.1. The highest BCUT2D eigenvalue weighted by Crippen LogP contribution is 2.45. The molecule has 98 valence electrons. The minimum Gasteiger partial charge on any atom is -0.464 e. The van der Waals surface area contributed by atoms with Gasteiger partial charge in [0.2, 0.25) is 0 Å². The lowest BCUT2D eigenvalue weighted by Crippen LogP contribution is -2.22. The average molecular weight is 247 g/mol. The third-order valence-electron chi connectivity index (χ3n) is 3.28. The Morgan fingerprint density at radius 2 is 1.89 bits per heavy atom. The van der Waals surface area contributed by atoms with Crippen molar-refractivity contribution in [3.05, 3.63) is 30.3 Å². The van der Waals surface area contributed by atoms with Crippen molar-refractivity contribution in [1.29, 1.82) is 0 Å². The summed E-state index contributed by atoms with van der Waals surface area (Å²) in [5.74, 6) is -0.110. The lowest BCUT2D eigenvalue weighted by atomic mass is 9.90. The Morgan fingerprint density at radius 1 is 1.28 bits per heavy atom. The summed E-state index contributed by atoms with van der Waals surface area (Å²) in [6.07, 6.45) is 0. The van der Waals surface area contributed by atoms with Crippen molar-refractivity contribution < 1.29 is 9.53 Å². The van der Waals surface area contributed by atoms with E-state index in [1.807, 2.05) is 37.3 Å². The minimum atomic E-state index is -0.132. The fraction of sp³-hybridized carbons (Fsp3) is 0.533. The van der Waals surface area contributed by atoms with E-state index in [-0.39, 0.29) is 23.5 Å². The second kappa shape index (κ2) is 4.63. The van der Waals surface area contributed by atoms with Crippen molar-refractivity contribution in [2.45, 2.75) is 39.8 Å². The van der Waals surface area contributed by atoms with Crippen LogP contribution in [0.25, 0.3) is 0 Å². The van der Waals surface area contributed by atoms with Gasteiger partial charge in [-0.15, -0.1) is 0 Å². The Kier molecular flexibility index (Phi) is 3.33. The van der Waals surface area contributed by atoms with Crippen molar-refractivity contribution >= 4 is 11.7 Å². The van der Waals surface area contributed by atoms with E-state index >= 15 is 0 Å². The van der Waals surface area contributed by atoms with E-state index in [9.17, 15) is 4.79 Å². The van der Waals surface area contributed by atoms with Gasteiger partial charge in [0.05, 0.1) is 12.6 Å². The summed E-state index contributed by atoms with van der Waals surface area (Å²) in [5, 5.41) is 0. The van der Waals surface area contributed by atoms with Gasteiger partial charge in [-0.2, -0.15) is 0 Å². The molecule has 0 saturated carbocycles. The van der Waals surface area contributed by atoms with Gasteiger partial charge in [-0.25, -0.2) is 4.79 Å². The molecule has 0 spiro atoms. The summed E-state index contributed by atoms with van der Waals surface area (Å²) in [5.41, 5.74) is 1.16. The number of hydrogen-bond acceptors (Lipinski definition) is 3. The van der Waals surface area contributed by atoms with Crippen LogP contribution in [0.1, 0.15) is 27.7 Å². The van der Waals surface area contributed by atoms with Crippen LogP contribution in [0, 0.1) is 5.41 Å². The molecule has 2 atom stereocenters. The molecular weight excluding hydrogens is 226 g/mol. The molecule has 3 nitrogen and oxygen atoms in total. The molecule has 0 aliphatic carbocycles. The molecule has 0 bridgehead atoms. The maximum absolute atomic E-state index is 12.0. The summed E-state index contributed by atoms with van der Waals surface area (Å²) >= 11 is 0. The fourth-order valence-corrected chi connectivity index (χ4v) is 2.51. The normalized spacial score (nSPS) is 22.8. The monoisotopic (exact) mass is 247 g/mol. The summed E-state index contributed by atoms with van der Waals surface area (Å²) in [6, 6.07) is 10.1. The van der Waals surface area contributed by atoms with E-state index in [4.69, 9.17) is 4.74 Å². The van der Waals surface area contributed by atoms with Crippen LogP contribution in [0.4, 0.5) is 5.69 Å². The molecule has 1 aliphatic rings. The number of carbonyl (C=O) groups excluding carboxylic acids is 1. The third-order valence-corrected chi connectivity index (χ3v) is 3.28. The second-order valence-electron chi connectivity index (χ2n) is 5.75. The van der Waals surface area contributed by atoms with E-state index < -0.39 is 0 Å². The van der Waals surface area contributed by atoms with Crippen molar-refractivity contribution in [3.8, 4) is 0 Å². The highest BCUT2D eigenvalue weighted by Gasteiger charge is 2.58. The van der Waals surface area contributed by atoms with Crippen LogP contribution >= 0.6 is 0 Å². The fourth-order valence-electron chi connectivity index (χ4n) is 2.51. The molecule has 0 N–H and O–H groups in total. The molecule has 0 aromatic heterocycles. The molecule has 0 amide bonds. The van der Waals surface area contributed by atoms with Crippen LogP contribution in [0.15, 0.2) is 30.3 Å². The second-order valence-corrected chi connectivity index (χ2v) is 5.75. The van der Waals surface area contributed by atoms with Crippen LogP contribution in [-0.2, 0) is 9.53 Å². The lowest BCUT2D eigenvalue weighted by Gasteiger charge is -2.18. The van der Waals surface area contributed by atoms with E-state index in [0.717, 1.165) is 5.69 Å². The van der Waals surface area contributed by atoms with Gasteiger partial charge in [-0.05, 0) is 24.5 Å². The first-order valence-corrected chi connectivity index (χ1v) is 6.47. The predicted octanol–water partition coefficient (Wildman–Crippen LogP) is 2.85. The minimum absolute atomic E-state index is 0.0628. The van der Waals surface area contributed by atoms with E-state index in [1.165, 1.54) is 0 Å². The van der Waals surface area contributed by atoms with Gasteiger partial charge in [0, 0.05) is 5.69 Å². The Hall–Kier alpha value is -1.51. The van der Waals surface area contributed by atoms with Crippen molar-refractivity contribution in [2.75, 3.05) is 11.5 Å². The number of esters is 1. The number of para-hydroxylation sites is 1. The maximum Gasteiger partial charge on any atom is 0.330 e. The number of ether oxygens (including phenoxy) is 1. The summed E-state index contributed by atoms with van der Waals surface area (Å²) in [6.45, 7) is 8.76. The average Bonchev–Trinajstić information content (AvgIpc) is 3.05. The molecule has 1 saturated heterocycles. The number of rotatable bonds is 3. The zero-order chi connectivity index (χ0) is 13.3. The van der Waals surface area contributed by atoms with Gasteiger partial charge in [0.15, 0.2) is 0 Å². The molecule has 3 heteroatoms. The van der Waals surface area contributed by atoms with Crippen LogP contribution in [0.2, 0.25) is 0 Å². The van der Waals surface area contributed by atoms with Crippen molar-refractivity contribution in [3.63, 3.8) is 0 Å². The lowest BCUT2D eigenvalue weighted by molar-refractivity contribution is -0.142. The number of anilines is 1. The molecule has 18 heavy (non-hydrogen) atoms. The van der Waals surface area contributed by atoms with Gasteiger partial charge >= 0.3 is 5.97 Å². The number of nitrogens with zero attached hydrogens (tertiary/aromatic N) is 1. The topological polar surface area (TPSA) is 29.3 Å². The van der Waals surface area contributed by atoms with Crippen LogP contribution in [0.5, 0.6) is 0 Å². The van der Waals surface area contributed by atoms with Crippen molar-refractivity contribution in [1.82, 2.24) is 0 Å². The van der Waals surface area contributed by atoms with E-state index in [1.54, 1.807) is 0 Å². The van der Waals surface area contributed by atoms with E-state index in [2.05, 4.69) is 25.7 Å². The number of benzene rings is 1. The SMILES string of the molecule is CCOC(=O)C1C(C(C)(C)C)N1c1ccccc1.